The first-order valence-electron chi connectivity index (χ1n) is 12.0. The van der Waals surface area contributed by atoms with Crippen LogP contribution in [-0.4, -0.2) is 116 Å². The molecule has 34 heavy (non-hydrogen) atoms. The Labute approximate surface area is 199 Å². The molecule has 10 atom stereocenters. The maximum atomic E-state index is 12.0. The molecular formula is C22H40O12. The lowest BCUT2D eigenvalue weighted by Gasteiger charge is -2.44. The number of aliphatic hydroxyl groups is 7. The predicted molar refractivity (Wildman–Crippen MR) is 115 cm³/mol. The van der Waals surface area contributed by atoms with Crippen LogP contribution in [0.4, 0.5) is 0 Å². The molecule has 0 aromatic carbocycles. The Morgan fingerprint density at radius 1 is 0.706 bits per heavy atom. The van der Waals surface area contributed by atoms with Crippen molar-refractivity contribution < 1.29 is 59.5 Å². The summed E-state index contributed by atoms with van der Waals surface area (Å²) in [5.41, 5.74) is 0. The lowest BCUT2D eigenvalue weighted by atomic mass is 9.98. The molecule has 200 valence electrons. The quantitative estimate of drug-likeness (QED) is 0.113. The van der Waals surface area contributed by atoms with Gasteiger partial charge in [-0.2, -0.15) is 0 Å². The second-order valence-corrected chi connectivity index (χ2v) is 8.90. The van der Waals surface area contributed by atoms with E-state index in [1.807, 2.05) is 0 Å². The van der Waals surface area contributed by atoms with Crippen LogP contribution in [0.5, 0.6) is 0 Å². The van der Waals surface area contributed by atoms with E-state index in [0.717, 1.165) is 19.3 Å². The summed E-state index contributed by atoms with van der Waals surface area (Å²) in [6.07, 6.45) is -8.41. The lowest BCUT2D eigenvalue weighted by molar-refractivity contribution is -0.376. The van der Waals surface area contributed by atoms with Gasteiger partial charge in [0.05, 0.1) is 6.61 Å². The molecule has 12 heteroatoms. The zero-order valence-electron chi connectivity index (χ0n) is 19.5. The van der Waals surface area contributed by atoms with Crippen LogP contribution in [0.2, 0.25) is 0 Å². The summed E-state index contributed by atoms with van der Waals surface area (Å²) in [6.45, 7) is 1.05. The summed E-state index contributed by atoms with van der Waals surface area (Å²) in [7, 11) is 0. The molecule has 7 N–H and O–H groups in total. The topological polar surface area (TPSA) is 196 Å². The molecule has 0 spiro atoms. The van der Waals surface area contributed by atoms with Gasteiger partial charge in [-0.3, -0.25) is 4.79 Å². The monoisotopic (exact) mass is 496 g/mol. The first-order chi connectivity index (χ1) is 16.2. The van der Waals surface area contributed by atoms with Crippen LogP contribution in [-0.2, 0) is 23.7 Å². The molecule has 0 unspecified atom stereocenters. The van der Waals surface area contributed by atoms with E-state index in [-0.39, 0.29) is 6.42 Å². The highest BCUT2D eigenvalue weighted by atomic mass is 16.8. The number of rotatable bonds is 13. The number of carbonyl (C=O) groups is 1. The smallest absolute Gasteiger partial charge is 0.305 e. The summed E-state index contributed by atoms with van der Waals surface area (Å²) in [5, 5.41) is 69.7. The first kappa shape index (κ1) is 29.3. The Morgan fingerprint density at radius 2 is 1.21 bits per heavy atom. The SMILES string of the molecule is CCCCCCCCCC(=O)OC[C@@H]1O[C@H](O[C@H]2O[C@H](CO)[C@@H](O)[C@H](O)[C@@H]2O)[C@@H](O)[C@H](O)[C@@H]1O. The minimum atomic E-state index is -1.76. The molecule has 0 bridgehead atoms. The Balaban J connectivity index is 1.83. The molecule has 2 heterocycles. The van der Waals surface area contributed by atoms with E-state index in [1.165, 1.54) is 19.3 Å². The summed E-state index contributed by atoms with van der Waals surface area (Å²) < 4.78 is 21.1. The van der Waals surface area contributed by atoms with Crippen LogP contribution in [0.25, 0.3) is 0 Å². The molecule has 2 rings (SSSR count). The molecule has 0 aromatic heterocycles. The Bertz CT molecular complexity index is 590. The van der Waals surface area contributed by atoms with E-state index in [9.17, 15) is 40.5 Å². The van der Waals surface area contributed by atoms with Crippen molar-refractivity contribution in [3.63, 3.8) is 0 Å². The lowest BCUT2D eigenvalue weighted by Crippen LogP contribution is -2.63. The summed E-state index contributed by atoms with van der Waals surface area (Å²) in [4.78, 5) is 12.0. The highest BCUT2D eigenvalue weighted by molar-refractivity contribution is 5.69. The van der Waals surface area contributed by atoms with Gasteiger partial charge in [0.25, 0.3) is 0 Å². The van der Waals surface area contributed by atoms with E-state index in [1.54, 1.807) is 0 Å². The Hall–Kier alpha value is -0.930. The molecule has 0 radical (unpaired) electrons. The minimum absolute atomic E-state index is 0.201. The highest BCUT2D eigenvalue weighted by Gasteiger charge is 2.49. The van der Waals surface area contributed by atoms with E-state index >= 15 is 0 Å². The van der Waals surface area contributed by atoms with Crippen molar-refractivity contribution in [2.24, 2.45) is 0 Å². The Morgan fingerprint density at radius 3 is 1.76 bits per heavy atom. The number of hydrogen-bond donors (Lipinski definition) is 7. The normalized spacial score (nSPS) is 38.6. The third-order valence-corrected chi connectivity index (χ3v) is 6.18. The van der Waals surface area contributed by atoms with Crippen LogP contribution in [0.1, 0.15) is 58.3 Å². The fraction of sp³-hybridized carbons (Fsp3) is 0.955. The van der Waals surface area contributed by atoms with Gasteiger partial charge in [0.15, 0.2) is 12.6 Å². The van der Waals surface area contributed by atoms with Gasteiger partial charge >= 0.3 is 5.97 Å². The van der Waals surface area contributed by atoms with Crippen molar-refractivity contribution in [3.8, 4) is 0 Å². The molecule has 0 saturated carbocycles. The second-order valence-electron chi connectivity index (χ2n) is 8.90. The average molecular weight is 497 g/mol. The van der Waals surface area contributed by atoms with Crippen molar-refractivity contribution in [1.82, 2.24) is 0 Å². The van der Waals surface area contributed by atoms with Crippen molar-refractivity contribution >= 4 is 5.97 Å². The van der Waals surface area contributed by atoms with Gasteiger partial charge in [-0.05, 0) is 6.42 Å². The molecule has 2 fully saturated rings. The number of hydrogen-bond acceptors (Lipinski definition) is 12. The van der Waals surface area contributed by atoms with Gasteiger partial charge < -0.3 is 54.7 Å². The maximum absolute atomic E-state index is 12.0. The maximum Gasteiger partial charge on any atom is 0.305 e. The van der Waals surface area contributed by atoms with Gasteiger partial charge in [-0.25, -0.2) is 0 Å². The van der Waals surface area contributed by atoms with Crippen molar-refractivity contribution in [2.45, 2.75) is 120 Å². The standard InChI is InChI=1S/C22H40O12/c1-2-3-4-5-6-7-8-9-14(24)31-11-13-16(26)18(28)20(30)22(33-13)34-21-19(29)17(27)15(25)12(10-23)32-21/h12-13,15-23,25-30H,2-11H2,1H3/t12-,13+,15-,16-,17+,18-,19+,20+,21-,22-/m1/s1. The van der Waals surface area contributed by atoms with Crippen LogP contribution >= 0.6 is 0 Å². The molecule has 0 amide bonds. The molecule has 0 aliphatic carbocycles. The van der Waals surface area contributed by atoms with Crippen LogP contribution in [0.3, 0.4) is 0 Å². The molecular weight excluding hydrogens is 456 g/mol. The summed E-state index contributed by atoms with van der Waals surface area (Å²) in [5.74, 6) is -0.489. The summed E-state index contributed by atoms with van der Waals surface area (Å²) >= 11 is 0. The van der Waals surface area contributed by atoms with Gasteiger partial charge in [0.2, 0.25) is 0 Å². The van der Waals surface area contributed by atoms with Crippen molar-refractivity contribution in [2.75, 3.05) is 13.2 Å². The molecule has 2 aliphatic rings. The van der Waals surface area contributed by atoms with Crippen LogP contribution in [0.15, 0.2) is 0 Å². The van der Waals surface area contributed by atoms with Gasteiger partial charge in [0.1, 0.15) is 55.4 Å². The third kappa shape index (κ3) is 8.05. The molecule has 0 aromatic rings. The highest BCUT2D eigenvalue weighted by Crippen LogP contribution is 2.28. The zero-order chi connectivity index (χ0) is 25.3. The number of ether oxygens (including phenoxy) is 4. The number of unbranched alkanes of at least 4 members (excludes halogenated alkanes) is 6. The molecule has 12 nitrogen and oxygen atoms in total. The largest absolute Gasteiger partial charge is 0.463 e. The van der Waals surface area contributed by atoms with E-state index in [0.29, 0.717) is 6.42 Å². The first-order valence-corrected chi connectivity index (χ1v) is 12.0. The number of aliphatic hydroxyl groups excluding tert-OH is 7. The van der Waals surface area contributed by atoms with Gasteiger partial charge in [0, 0.05) is 6.42 Å². The van der Waals surface area contributed by atoms with Crippen molar-refractivity contribution in [1.29, 1.82) is 0 Å². The van der Waals surface area contributed by atoms with Crippen LogP contribution in [0, 0.1) is 0 Å². The van der Waals surface area contributed by atoms with Crippen molar-refractivity contribution in [3.05, 3.63) is 0 Å². The predicted octanol–water partition coefficient (Wildman–Crippen LogP) is -1.71. The van der Waals surface area contributed by atoms with Gasteiger partial charge in [-0.15, -0.1) is 0 Å². The molecule has 2 saturated heterocycles. The second kappa shape index (κ2) is 14.6. The minimum Gasteiger partial charge on any atom is -0.463 e. The van der Waals surface area contributed by atoms with E-state index < -0.39 is 80.6 Å². The third-order valence-electron chi connectivity index (χ3n) is 6.18. The summed E-state index contributed by atoms with van der Waals surface area (Å²) in [6, 6.07) is 0. The molecule has 2 aliphatic heterocycles. The van der Waals surface area contributed by atoms with Gasteiger partial charge in [-0.1, -0.05) is 45.4 Å². The van der Waals surface area contributed by atoms with E-state index in [4.69, 9.17) is 18.9 Å². The van der Waals surface area contributed by atoms with E-state index in [2.05, 4.69) is 6.92 Å². The Kier molecular flexibility index (Phi) is 12.6. The fourth-order valence-electron chi connectivity index (χ4n) is 3.95. The number of esters is 1. The van der Waals surface area contributed by atoms with Crippen LogP contribution < -0.4 is 0 Å². The zero-order valence-corrected chi connectivity index (χ0v) is 19.5. The average Bonchev–Trinajstić information content (AvgIpc) is 2.83. The number of carbonyl (C=O) groups excluding carboxylic acids is 1. The fourth-order valence-corrected chi connectivity index (χ4v) is 3.95.